The largest absolute Gasteiger partial charge is 0.468 e. The molecule has 0 aromatic heterocycles. The van der Waals surface area contributed by atoms with Crippen molar-refractivity contribution >= 4 is 5.97 Å². The Morgan fingerprint density at radius 1 is 1.82 bits per heavy atom. The van der Waals surface area contributed by atoms with Gasteiger partial charge >= 0.3 is 5.97 Å². The quantitative estimate of drug-likeness (QED) is 0.452. The summed E-state index contributed by atoms with van der Waals surface area (Å²) in [6, 6.07) is -0.532. The minimum absolute atomic E-state index is 0.157. The van der Waals surface area contributed by atoms with E-state index >= 15 is 0 Å². The first-order valence-corrected chi connectivity index (χ1v) is 3.64. The summed E-state index contributed by atoms with van der Waals surface area (Å²) in [5, 5.41) is 0. The Bertz CT molecular complexity index is 160. The summed E-state index contributed by atoms with van der Waals surface area (Å²) in [5.74, 6) is -0.368. The number of ether oxygens (including phenoxy) is 2. The van der Waals surface area contributed by atoms with Crippen molar-refractivity contribution in [2.24, 2.45) is 5.73 Å². The second-order valence-electron chi connectivity index (χ2n) is 2.75. The standard InChI is InChI=1S/C7H13NO3/c1-4-6(11-4)3-5(8)7(9)10-2/h4-6H,3,8H2,1-2H3/t4-,5+,6+/m1/s1. The molecule has 1 fully saturated rings. The van der Waals surface area contributed by atoms with E-state index in [9.17, 15) is 4.79 Å². The molecule has 64 valence electrons. The number of epoxide rings is 1. The normalized spacial score (nSPS) is 31.2. The van der Waals surface area contributed by atoms with Gasteiger partial charge in [0.15, 0.2) is 0 Å². The molecule has 0 spiro atoms. The van der Waals surface area contributed by atoms with Crippen LogP contribution in [-0.2, 0) is 14.3 Å². The van der Waals surface area contributed by atoms with Gasteiger partial charge in [0.05, 0.1) is 19.3 Å². The zero-order chi connectivity index (χ0) is 8.43. The zero-order valence-corrected chi connectivity index (χ0v) is 6.74. The first kappa shape index (κ1) is 8.49. The molecule has 1 aliphatic heterocycles. The number of nitrogens with two attached hydrogens (primary N) is 1. The van der Waals surface area contributed by atoms with Crippen LogP contribution in [0.3, 0.4) is 0 Å². The maximum Gasteiger partial charge on any atom is 0.322 e. The fourth-order valence-electron chi connectivity index (χ4n) is 0.975. The Morgan fingerprint density at radius 2 is 2.36 bits per heavy atom. The minimum atomic E-state index is -0.532. The van der Waals surface area contributed by atoms with E-state index in [-0.39, 0.29) is 18.2 Å². The molecule has 3 atom stereocenters. The third kappa shape index (κ3) is 2.17. The summed E-state index contributed by atoms with van der Waals surface area (Å²) in [7, 11) is 1.33. The fourth-order valence-corrected chi connectivity index (χ4v) is 0.975. The van der Waals surface area contributed by atoms with E-state index in [1.807, 2.05) is 6.92 Å². The second kappa shape index (κ2) is 3.19. The first-order chi connectivity index (χ1) is 5.15. The van der Waals surface area contributed by atoms with Crippen molar-refractivity contribution in [3.8, 4) is 0 Å². The monoisotopic (exact) mass is 159 g/mol. The Labute approximate surface area is 65.7 Å². The SMILES string of the molecule is COC(=O)[C@@H](N)C[C@@H]1O[C@@H]1C. The van der Waals surface area contributed by atoms with Crippen molar-refractivity contribution in [1.29, 1.82) is 0 Å². The zero-order valence-electron chi connectivity index (χ0n) is 6.74. The van der Waals surface area contributed by atoms with Gasteiger partial charge in [0.2, 0.25) is 0 Å². The van der Waals surface area contributed by atoms with Crippen molar-refractivity contribution in [2.45, 2.75) is 31.6 Å². The molecule has 0 aromatic carbocycles. The van der Waals surface area contributed by atoms with Crippen LogP contribution in [0.1, 0.15) is 13.3 Å². The minimum Gasteiger partial charge on any atom is -0.468 e. The van der Waals surface area contributed by atoms with Crippen LogP contribution < -0.4 is 5.73 Å². The molecule has 1 rings (SSSR count). The molecule has 11 heavy (non-hydrogen) atoms. The van der Waals surface area contributed by atoms with E-state index in [0.29, 0.717) is 6.42 Å². The number of rotatable bonds is 3. The van der Waals surface area contributed by atoms with Gasteiger partial charge in [-0.05, 0) is 6.92 Å². The molecular formula is C7H13NO3. The average Bonchev–Trinajstić information content (AvgIpc) is 2.65. The van der Waals surface area contributed by atoms with Crippen molar-refractivity contribution in [2.75, 3.05) is 7.11 Å². The number of carbonyl (C=O) groups excluding carboxylic acids is 1. The maximum atomic E-state index is 10.8. The Hall–Kier alpha value is -0.610. The van der Waals surface area contributed by atoms with E-state index in [1.165, 1.54) is 7.11 Å². The number of hydrogen-bond donors (Lipinski definition) is 1. The van der Waals surface area contributed by atoms with Gasteiger partial charge < -0.3 is 15.2 Å². The molecular weight excluding hydrogens is 146 g/mol. The highest BCUT2D eigenvalue weighted by Crippen LogP contribution is 2.25. The topological polar surface area (TPSA) is 64.8 Å². The van der Waals surface area contributed by atoms with E-state index in [1.54, 1.807) is 0 Å². The second-order valence-corrected chi connectivity index (χ2v) is 2.75. The van der Waals surface area contributed by atoms with Crippen LogP contribution in [0.25, 0.3) is 0 Å². The van der Waals surface area contributed by atoms with Crippen LogP contribution in [0.2, 0.25) is 0 Å². The van der Waals surface area contributed by atoms with Crippen LogP contribution in [0.5, 0.6) is 0 Å². The van der Waals surface area contributed by atoms with Crippen molar-refractivity contribution < 1.29 is 14.3 Å². The molecule has 0 amide bonds. The van der Waals surface area contributed by atoms with Gasteiger partial charge in [-0.1, -0.05) is 0 Å². The van der Waals surface area contributed by atoms with Gasteiger partial charge in [-0.2, -0.15) is 0 Å². The molecule has 0 unspecified atom stereocenters. The third-order valence-electron chi connectivity index (χ3n) is 1.83. The molecule has 2 N–H and O–H groups in total. The van der Waals surface area contributed by atoms with Crippen molar-refractivity contribution in [3.63, 3.8) is 0 Å². The summed E-state index contributed by atoms with van der Waals surface area (Å²) in [6.45, 7) is 1.95. The highest BCUT2D eigenvalue weighted by atomic mass is 16.6. The van der Waals surface area contributed by atoms with Crippen LogP contribution in [0, 0.1) is 0 Å². The summed E-state index contributed by atoms with van der Waals surface area (Å²) in [5.41, 5.74) is 5.48. The first-order valence-electron chi connectivity index (χ1n) is 3.64. The summed E-state index contributed by atoms with van der Waals surface area (Å²) in [6.07, 6.45) is 0.975. The highest BCUT2D eigenvalue weighted by molar-refractivity contribution is 5.75. The van der Waals surface area contributed by atoms with Crippen LogP contribution >= 0.6 is 0 Å². The highest BCUT2D eigenvalue weighted by Gasteiger charge is 2.37. The number of methoxy groups -OCH3 is 1. The lowest BCUT2D eigenvalue weighted by Gasteiger charge is -2.05. The van der Waals surface area contributed by atoms with E-state index in [4.69, 9.17) is 10.5 Å². The third-order valence-corrected chi connectivity index (χ3v) is 1.83. The Balaban J connectivity index is 2.20. The molecule has 0 radical (unpaired) electrons. The van der Waals surface area contributed by atoms with Gasteiger partial charge in [-0.25, -0.2) is 0 Å². The number of carbonyl (C=O) groups is 1. The molecule has 1 saturated heterocycles. The predicted octanol–water partition coefficient (Wildman–Crippen LogP) is -0.336. The van der Waals surface area contributed by atoms with Crippen molar-refractivity contribution in [1.82, 2.24) is 0 Å². The van der Waals surface area contributed by atoms with E-state index in [2.05, 4.69) is 4.74 Å². The summed E-state index contributed by atoms with van der Waals surface area (Å²) >= 11 is 0. The molecule has 0 bridgehead atoms. The Kier molecular flexibility index (Phi) is 2.46. The number of esters is 1. The molecule has 0 aromatic rings. The Morgan fingerprint density at radius 3 is 2.73 bits per heavy atom. The average molecular weight is 159 g/mol. The van der Waals surface area contributed by atoms with Gasteiger partial charge in [-0.3, -0.25) is 4.79 Å². The summed E-state index contributed by atoms with van der Waals surface area (Å²) in [4.78, 5) is 10.8. The van der Waals surface area contributed by atoms with Crippen molar-refractivity contribution in [3.05, 3.63) is 0 Å². The molecule has 4 heteroatoms. The summed E-state index contributed by atoms with van der Waals surface area (Å²) < 4.78 is 9.55. The lowest BCUT2D eigenvalue weighted by atomic mass is 10.1. The maximum absolute atomic E-state index is 10.8. The van der Waals surface area contributed by atoms with Gasteiger partial charge in [-0.15, -0.1) is 0 Å². The van der Waals surface area contributed by atoms with Crippen LogP contribution in [0.15, 0.2) is 0 Å². The fraction of sp³-hybridized carbons (Fsp3) is 0.857. The smallest absolute Gasteiger partial charge is 0.322 e. The molecule has 1 aliphatic rings. The predicted molar refractivity (Wildman–Crippen MR) is 38.9 cm³/mol. The van der Waals surface area contributed by atoms with Crippen LogP contribution in [0.4, 0.5) is 0 Å². The lowest BCUT2D eigenvalue weighted by molar-refractivity contribution is -0.142. The molecule has 1 heterocycles. The van der Waals surface area contributed by atoms with Gasteiger partial charge in [0.25, 0.3) is 0 Å². The lowest BCUT2D eigenvalue weighted by Crippen LogP contribution is -2.33. The van der Waals surface area contributed by atoms with Gasteiger partial charge in [0, 0.05) is 6.42 Å². The molecule has 0 aliphatic carbocycles. The molecule has 4 nitrogen and oxygen atoms in total. The van der Waals surface area contributed by atoms with Gasteiger partial charge in [0.1, 0.15) is 6.04 Å². The van der Waals surface area contributed by atoms with Crippen LogP contribution in [-0.4, -0.2) is 31.3 Å². The van der Waals surface area contributed by atoms with E-state index in [0.717, 1.165) is 0 Å². The molecule has 0 saturated carbocycles. The number of hydrogen-bond acceptors (Lipinski definition) is 4. The van der Waals surface area contributed by atoms with E-state index < -0.39 is 6.04 Å².